The number of aromatic amines is 1. The summed E-state index contributed by atoms with van der Waals surface area (Å²) in [6.45, 7) is 3.50. The van der Waals surface area contributed by atoms with Gasteiger partial charge in [0, 0.05) is 33.7 Å². The highest BCUT2D eigenvalue weighted by Crippen LogP contribution is 2.27. The first kappa shape index (κ1) is 26.3. The number of fused-ring (bicyclic) bond motifs is 1. The van der Waals surface area contributed by atoms with Crippen LogP contribution in [0.1, 0.15) is 50.3 Å². The molecule has 0 spiro atoms. The molecule has 3 rings (SSSR count). The first-order valence-corrected chi connectivity index (χ1v) is 12.1. The van der Waals surface area contributed by atoms with Crippen LogP contribution in [0.15, 0.2) is 42.5 Å². The van der Waals surface area contributed by atoms with E-state index >= 15 is 0 Å². The first-order chi connectivity index (χ1) is 16.8. The zero-order valence-electron chi connectivity index (χ0n) is 20.4. The molecule has 1 atom stereocenters. The zero-order valence-corrected chi connectivity index (χ0v) is 21.1. The molecule has 0 saturated carbocycles. The van der Waals surface area contributed by atoms with Gasteiger partial charge >= 0.3 is 0 Å². The second-order valence-corrected chi connectivity index (χ2v) is 9.17. The number of halogens is 1. The number of benzene rings is 2. The minimum atomic E-state index is -0.699. The normalized spacial score (nSPS) is 11.8. The Morgan fingerprint density at radius 2 is 1.80 bits per heavy atom. The number of Topliss-reactive ketones (excluding diaryl/α,β-unsaturated/α-hetero) is 1. The summed E-state index contributed by atoms with van der Waals surface area (Å²) in [5.41, 5.74) is 3.30. The standard InChI is InChI=1S/C27H32ClN3O4/c1-17(32)7-5-4-6-8-25(27(34)30-20-11-9-19(28)10-12-20)31-26(33)16-22-18(2)29-24-14-13-21(35-3)15-23(22)24/h9-15,25,29H,4-8,16H2,1-3H3,(H,30,34)(H,31,33). The number of anilines is 1. The third-order valence-corrected chi connectivity index (χ3v) is 6.20. The lowest BCUT2D eigenvalue weighted by Gasteiger charge is -2.19. The Labute approximate surface area is 210 Å². The SMILES string of the molecule is COc1ccc2[nH]c(C)c(CC(=O)NC(CCCCCC(C)=O)C(=O)Nc3ccc(Cl)cc3)c2c1. The molecular formula is C27H32ClN3O4. The summed E-state index contributed by atoms with van der Waals surface area (Å²) in [7, 11) is 1.60. The number of aromatic nitrogens is 1. The molecule has 0 bridgehead atoms. The molecule has 0 aliphatic carbocycles. The topological polar surface area (TPSA) is 100 Å². The van der Waals surface area contributed by atoms with Gasteiger partial charge in [0.2, 0.25) is 11.8 Å². The highest BCUT2D eigenvalue weighted by atomic mass is 35.5. The summed E-state index contributed by atoms with van der Waals surface area (Å²) >= 11 is 5.94. The average Bonchev–Trinajstić information content (AvgIpc) is 3.13. The van der Waals surface area contributed by atoms with E-state index in [2.05, 4.69) is 15.6 Å². The van der Waals surface area contributed by atoms with Gasteiger partial charge in [0.15, 0.2) is 0 Å². The molecule has 1 heterocycles. The number of H-pyrrole nitrogens is 1. The molecule has 3 aromatic rings. The lowest BCUT2D eigenvalue weighted by atomic mass is 10.0. The summed E-state index contributed by atoms with van der Waals surface area (Å²) in [5.74, 6) is 0.339. The summed E-state index contributed by atoms with van der Waals surface area (Å²) in [4.78, 5) is 40.6. The largest absolute Gasteiger partial charge is 0.497 e. The number of rotatable bonds is 12. The van der Waals surface area contributed by atoms with Gasteiger partial charge in [-0.3, -0.25) is 9.59 Å². The Morgan fingerprint density at radius 1 is 1.06 bits per heavy atom. The molecule has 3 N–H and O–H groups in total. The third-order valence-electron chi connectivity index (χ3n) is 5.95. The van der Waals surface area contributed by atoms with Gasteiger partial charge in [0.25, 0.3) is 0 Å². The monoisotopic (exact) mass is 497 g/mol. The van der Waals surface area contributed by atoms with Crippen molar-refractivity contribution in [1.82, 2.24) is 10.3 Å². The summed E-state index contributed by atoms with van der Waals surface area (Å²) in [6, 6.07) is 11.8. The Bertz CT molecular complexity index is 1190. The minimum absolute atomic E-state index is 0.133. The summed E-state index contributed by atoms with van der Waals surface area (Å²) in [6.07, 6.45) is 3.43. The van der Waals surface area contributed by atoms with Crippen molar-refractivity contribution < 1.29 is 19.1 Å². The van der Waals surface area contributed by atoms with E-state index in [-0.39, 0.29) is 24.0 Å². The highest BCUT2D eigenvalue weighted by molar-refractivity contribution is 6.30. The number of carbonyl (C=O) groups is 3. The Kier molecular flexibility index (Phi) is 9.32. The van der Waals surface area contributed by atoms with E-state index in [0.717, 1.165) is 41.4 Å². The van der Waals surface area contributed by atoms with Crippen LogP contribution in [-0.2, 0) is 20.8 Å². The van der Waals surface area contributed by atoms with Crippen LogP contribution in [0.2, 0.25) is 5.02 Å². The molecule has 2 amide bonds. The number of aryl methyl sites for hydroxylation is 1. The second kappa shape index (κ2) is 12.4. The van der Waals surface area contributed by atoms with Gasteiger partial charge in [0.1, 0.15) is 17.6 Å². The van der Waals surface area contributed by atoms with Crippen molar-refractivity contribution >= 4 is 45.8 Å². The maximum absolute atomic E-state index is 13.1. The molecule has 1 aromatic heterocycles. The Hall–Kier alpha value is -3.32. The van der Waals surface area contributed by atoms with E-state index < -0.39 is 6.04 Å². The average molecular weight is 498 g/mol. The quantitative estimate of drug-likeness (QED) is 0.294. The summed E-state index contributed by atoms with van der Waals surface area (Å²) in [5, 5.41) is 7.27. The predicted octanol–water partition coefficient (Wildman–Crippen LogP) is 5.34. The molecule has 7 nitrogen and oxygen atoms in total. The van der Waals surface area contributed by atoms with Gasteiger partial charge in [-0.15, -0.1) is 0 Å². The van der Waals surface area contributed by atoms with Gasteiger partial charge in [-0.05, 0) is 74.7 Å². The fourth-order valence-electron chi connectivity index (χ4n) is 4.05. The van der Waals surface area contributed by atoms with Crippen LogP contribution in [0.3, 0.4) is 0 Å². The van der Waals surface area contributed by atoms with Crippen LogP contribution in [0.25, 0.3) is 10.9 Å². The van der Waals surface area contributed by atoms with Gasteiger partial charge < -0.3 is 25.1 Å². The fourth-order valence-corrected chi connectivity index (χ4v) is 4.18. The van der Waals surface area contributed by atoms with E-state index in [1.165, 1.54) is 0 Å². The molecule has 8 heteroatoms. The molecule has 0 fully saturated rings. The maximum Gasteiger partial charge on any atom is 0.246 e. The number of carbonyl (C=O) groups excluding carboxylic acids is 3. The molecule has 1 unspecified atom stereocenters. The fraction of sp³-hybridized carbons (Fsp3) is 0.370. The number of hydrogen-bond donors (Lipinski definition) is 3. The lowest BCUT2D eigenvalue weighted by Crippen LogP contribution is -2.44. The zero-order chi connectivity index (χ0) is 25.4. The number of ketones is 1. The number of ether oxygens (including phenoxy) is 1. The van der Waals surface area contributed by atoms with Crippen molar-refractivity contribution in [2.75, 3.05) is 12.4 Å². The van der Waals surface area contributed by atoms with Crippen molar-refractivity contribution in [2.45, 2.75) is 58.4 Å². The molecule has 0 aliphatic rings. The van der Waals surface area contributed by atoms with E-state index in [1.807, 2.05) is 25.1 Å². The maximum atomic E-state index is 13.1. The number of amides is 2. The molecule has 35 heavy (non-hydrogen) atoms. The third kappa shape index (κ3) is 7.59. The number of unbranched alkanes of at least 4 members (excludes halogenated alkanes) is 2. The first-order valence-electron chi connectivity index (χ1n) is 11.8. The van der Waals surface area contributed by atoms with Crippen LogP contribution in [0.5, 0.6) is 5.75 Å². The van der Waals surface area contributed by atoms with Crippen LogP contribution in [-0.4, -0.2) is 35.7 Å². The summed E-state index contributed by atoms with van der Waals surface area (Å²) < 4.78 is 5.33. The van der Waals surface area contributed by atoms with Crippen molar-refractivity contribution in [3.8, 4) is 5.75 Å². The lowest BCUT2D eigenvalue weighted by molar-refractivity contribution is -0.126. The van der Waals surface area contributed by atoms with Crippen LogP contribution in [0, 0.1) is 6.92 Å². The molecule has 0 aliphatic heterocycles. The van der Waals surface area contributed by atoms with E-state index in [9.17, 15) is 14.4 Å². The van der Waals surface area contributed by atoms with Gasteiger partial charge in [-0.2, -0.15) is 0 Å². The smallest absolute Gasteiger partial charge is 0.246 e. The highest BCUT2D eigenvalue weighted by Gasteiger charge is 2.22. The van der Waals surface area contributed by atoms with Crippen LogP contribution in [0.4, 0.5) is 5.69 Å². The number of nitrogens with one attached hydrogen (secondary N) is 3. The molecule has 0 radical (unpaired) electrons. The van der Waals surface area contributed by atoms with Gasteiger partial charge in [-0.1, -0.05) is 24.4 Å². The van der Waals surface area contributed by atoms with Crippen molar-refractivity contribution in [1.29, 1.82) is 0 Å². The Morgan fingerprint density at radius 3 is 2.49 bits per heavy atom. The number of methoxy groups -OCH3 is 1. The van der Waals surface area contributed by atoms with Crippen molar-refractivity contribution in [2.24, 2.45) is 0 Å². The van der Waals surface area contributed by atoms with E-state index in [0.29, 0.717) is 29.3 Å². The van der Waals surface area contributed by atoms with Gasteiger partial charge in [-0.25, -0.2) is 0 Å². The van der Waals surface area contributed by atoms with Crippen LogP contribution >= 0.6 is 11.6 Å². The van der Waals surface area contributed by atoms with E-state index in [1.54, 1.807) is 38.3 Å². The Balaban J connectivity index is 1.70. The molecule has 186 valence electrons. The van der Waals surface area contributed by atoms with Crippen molar-refractivity contribution in [3.63, 3.8) is 0 Å². The van der Waals surface area contributed by atoms with E-state index in [4.69, 9.17) is 16.3 Å². The van der Waals surface area contributed by atoms with Gasteiger partial charge in [0.05, 0.1) is 13.5 Å². The second-order valence-electron chi connectivity index (χ2n) is 8.73. The van der Waals surface area contributed by atoms with Crippen LogP contribution < -0.4 is 15.4 Å². The number of hydrogen-bond acceptors (Lipinski definition) is 4. The predicted molar refractivity (Wildman–Crippen MR) is 139 cm³/mol. The molecule has 2 aromatic carbocycles. The molecule has 0 saturated heterocycles. The van der Waals surface area contributed by atoms with Crippen molar-refractivity contribution in [3.05, 3.63) is 58.7 Å². The molecular weight excluding hydrogens is 466 g/mol. The minimum Gasteiger partial charge on any atom is -0.497 e.